The summed E-state index contributed by atoms with van der Waals surface area (Å²) in [6.07, 6.45) is 1.93. The standard InChI is InChI=1S/C18H23N3OS/c1-11(2)16-19-13(4)15(18(21-16)23-5)17(22)20-12(3)14-9-7-6-8-10-14/h6-12H,1-5H3,(H,20,22). The average Bonchev–Trinajstić information content (AvgIpc) is 2.54. The number of hydrogen-bond acceptors (Lipinski definition) is 4. The minimum Gasteiger partial charge on any atom is -0.345 e. The van der Waals surface area contributed by atoms with Crippen LogP contribution in [0.3, 0.4) is 0 Å². The molecule has 0 saturated heterocycles. The summed E-state index contributed by atoms with van der Waals surface area (Å²) in [7, 11) is 0. The van der Waals surface area contributed by atoms with Crippen molar-refractivity contribution in [2.45, 2.75) is 44.7 Å². The maximum absolute atomic E-state index is 12.7. The first-order valence-electron chi connectivity index (χ1n) is 7.72. The predicted molar refractivity (Wildman–Crippen MR) is 95.0 cm³/mol. The van der Waals surface area contributed by atoms with Crippen molar-refractivity contribution >= 4 is 17.7 Å². The van der Waals surface area contributed by atoms with E-state index < -0.39 is 0 Å². The van der Waals surface area contributed by atoms with Crippen LogP contribution in [-0.4, -0.2) is 22.1 Å². The number of aryl methyl sites for hydroxylation is 1. The minimum atomic E-state index is -0.126. The molecule has 1 aromatic carbocycles. The zero-order valence-electron chi connectivity index (χ0n) is 14.3. The van der Waals surface area contributed by atoms with Crippen molar-refractivity contribution in [3.63, 3.8) is 0 Å². The molecule has 23 heavy (non-hydrogen) atoms. The molecule has 0 radical (unpaired) electrons. The van der Waals surface area contributed by atoms with Crippen LogP contribution in [-0.2, 0) is 0 Å². The number of carbonyl (C=O) groups is 1. The zero-order chi connectivity index (χ0) is 17.0. The largest absolute Gasteiger partial charge is 0.345 e. The van der Waals surface area contributed by atoms with E-state index in [2.05, 4.69) is 29.1 Å². The number of aromatic nitrogens is 2. The van der Waals surface area contributed by atoms with Gasteiger partial charge in [-0.05, 0) is 25.7 Å². The molecule has 1 unspecified atom stereocenters. The Kier molecular flexibility index (Phi) is 5.77. The van der Waals surface area contributed by atoms with E-state index in [1.165, 1.54) is 11.8 Å². The Morgan fingerprint density at radius 1 is 1.13 bits per heavy atom. The van der Waals surface area contributed by atoms with Gasteiger partial charge in [-0.3, -0.25) is 4.79 Å². The molecule has 0 fully saturated rings. The summed E-state index contributed by atoms with van der Waals surface area (Å²) < 4.78 is 0. The number of rotatable bonds is 5. The van der Waals surface area contributed by atoms with Gasteiger partial charge in [-0.25, -0.2) is 9.97 Å². The van der Waals surface area contributed by atoms with Crippen LogP contribution in [0.15, 0.2) is 35.4 Å². The van der Waals surface area contributed by atoms with Gasteiger partial charge in [-0.2, -0.15) is 0 Å². The van der Waals surface area contributed by atoms with Gasteiger partial charge in [0.25, 0.3) is 5.91 Å². The molecule has 2 rings (SSSR count). The summed E-state index contributed by atoms with van der Waals surface area (Å²) in [5.41, 5.74) is 2.37. The van der Waals surface area contributed by atoms with Crippen molar-refractivity contribution in [2.24, 2.45) is 0 Å². The van der Waals surface area contributed by atoms with Crippen LogP contribution in [0, 0.1) is 6.92 Å². The second-order valence-electron chi connectivity index (χ2n) is 5.81. The van der Waals surface area contributed by atoms with Crippen LogP contribution in [0.1, 0.15) is 60.2 Å². The molecule has 1 atom stereocenters. The summed E-state index contributed by atoms with van der Waals surface area (Å²) in [6.45, 7) is 7.95. The molecule has 0 bridgehead atoms. The molecule has 1 heterocycles. The van der Waals surface area contributed by atoms with Crippen molar-refractivity contribution < 1.29 is 4.79 Å². The molecule has 1 amide bonds. The predicted octanol–water partition coefficient (Wildman–Crippen LogP) is 4.12. The van der Waals surface area contributed by atoms with Gasteiger partial charge in [-0.15, -0.1) is 11.8 Å². The third kappa shape index (κ3) is 4.10. The fourth-order valence-corrected chi connectivity index (χ4v) is 2.96. The quantitative estimate of drug-likeness (QED) is 0.662. The molecule has 0 aliphatic rings. The second kappa shape index (κ2) is 7.59. The Labute approximate surface area is 142 Å². The number of thioether (sulfide) groups is 1. The normalized spacial score (nSPS) is 12.3. The Hall–Kier alpha value is -1.88. The smallest absolute Gasteiger partial charge is 0.256 e. The van der Waals surface area contributed by atoms with Crippen molar-refractivity contribution in [1.29, 1.82) is 0 Å². The lowest BCUT2D eigenvalue weighted by molar-refractivity contribution is 0.0935. The highest BCUT2D eigenvalue weighted by Gasteiger charge is 2.20. The monoisotopic (exact) mass is 329 g/mol. The molecule has 0 spiro atoms. The SMILES string of the molecule is CSc1nc(C(C)C)nc(C)c1C(=O)NC(C)c1ccccc1. The van der Waals surface area contributed by atoms with Crippen molar-refractivity contribution in [3.8, 4) is 0 Å². The number of amides is 1. The van der Waals surface area contributed by atoms with E-state index in [0.29, 0.717) is 5.56 Å². The van der Waals surface area contributed by atoms with E-state index >= 15 is 0 Å². The highest BCUT2D eigenvalue weighted by atomic mass is 32.2. The Balaban J connectivity index is 2.28. The molecule has 0 aliphatic heterocycles. The van der Waals surface area contributed by atoms with Gasteiger partial charge >= 0.3 is 0 Å². The number of nitrogens with zero attached hydrogens (tertiary/aromatic N) is 2. The average molecular weight is 329 g/mol. The number of nitrogens with one attached hydrogen (secondary N) is 1. The van der Waals surface area contributed by atoms with E-state index in [9.17, 15) is 4.79 Å². The molecule has 0 saturated carbocycles. The van der Waals surface area contributed by atoms with E-state index in [0.717, 1.165) is 22.1 Å². The first kappa shape index (κ1) is 17.5. The van der Waals surface area contributed by atoms with Gasteiger partial charge < -0.3 is 5.32 Å². The van der Waals surface area contributed by atoms with Crippen LogP contribution in [0.2, 0.25) is 0 Å². The molecule has 2 aromatic rings. The van der Waals surface area contributed by atoms with Gasteiger partial charge in [0, 0.05) is 5.92 Å². The first-order chi connectivity index (χ1) is 10.9. The Morgan fingerprint density at radius 3 is 2.35 bits per heavy atom. The number of hydrogen-bond donors (Lipinski definition) is 1. The molecule has 5 heteroatoms. The van der Waals surface area contributed by atoms with E-state index in [1.54, 1.807) is 0 Å². The summed E-state index contributed by atoms with van der Waals surface area (Å²) in [6, 6.07) is 9.85. The lowest BCUT2D eigenvalue weighted by Gasteiger charge is -2.17. The topological polar surface area (TPSA) is 54.9 Å². The molecule has 0 aliphatic carbocycles. The molecule has 4 nitrogen and oxygen atoms in total. The molecule has 1 N–H and O–H groups in total. The molecular weight excluding hydrogens is 306 g/mol. The van der Waals surface area contributed by atoms with Crippen molar-refractivity contribution in [1.82, 2.24) is 15.3 Å². The summed E-state index contributed by atoms with van der Waals surface area (Å²) in [5.74, 6) is 0.887. The summed E-state index contributed by atoms with van der Waals surface area (Å²) in [4.78, 5) is 21.7. The van der Waals surface area contributed by atoms with Crippen LogP contribution in [0.5, 0.6) is 0 Å². The van der Waals surface area contributed by atoms with Gasteiger partial charge in [-0.1, -0.05) is 44.2 Å². The number of carbonyl (C=O) groups excluding carboxylic acids is 1. The van der Waals surface area contributed by atoms with Crippen molar-refractivity contribution in [3.05, 3.63) is 53.0 Å². The third-order valence-electron chi connectivity index (χ3n) is 3.66. The highest BCUT2D eigenvalue weighted by molar-refractivity contribution is 7.98. The molecular formula is C18H23N3OS. The summed E-state index contributed by atoms with van der Waals surface area (Å²) in [5, 5.41) is 3.78. The maximum atomic E-state index is 12.7. The third-order valence-corrected chi connectivity index (χ3v) is 4.34. The van der Waals surface area contributed by atoms with Crippen LogP contribution in [0.4, 0.5) is 0 Å². The van der Waals surface area contributed by atoms with Crippen LogP contribution in [0.25, 0.3) is 0 Å². The molecule has 122 valence electrons. The van der Waals surface area contributed by atoms with E-state index in [4.69, 9.17) is 0 Å². The van der Waals surface area contributed by atoms with E-state index in [1.807, 2.05) is 50.4 Å². The number of benzene rings is 1. The van der Waals surface area contributed by atoms with Crippen LogP contribution >= 0.6 is 11.8 Å². The van der Waals surface area contributed by atoms with Crippen LogP contribution < -0.4 is 5.32 Å². The first-order valence-corrected chi connectivity index (χ1v) is 8.94. The lowest BCUT2D eigenvalue weighted by Crippen LogP contribution is -2.28. The molecule has 1 aromatic heterocycles. The lowest BCUT2D eigenvalue weighted by atomic mass is 10.1. The maximum Gasteiger partial charge on any atom is 0.256 e. The van der Waals surface area contributed by atoms with Gasteiger partial charge in [0.1, 0.15) is 10.9 Å². The Bertz CT molecular complexity index is 686. The summed E-state index contributed by atoms with van der Waals surface area (Å²) >= 11 is 1.48. The zero-order valence-corrected chi connectivity index (χ0v) is 15.1. The fraction of sp³-hybridized carbons (Fsp3) is 0.389. The van der Waals surface area contributed by atoms with E-state index in [-0.39, 0.29) is 17.9 Å². The minimum absolute atomic E-state index is 0.0671. The highest BCUT2D eigenvalue weighted by Crippen LogP contribution is 2.24. The van der Waals surface area contributed by atoms with Gasteiger partial charge in [0.05, 0.1) is 17.3 Å². The Morgan fingerprint density at radius 2 is 1.78 bits per heavy atom. The van der Waals surface area contributed by atoms with Gasteiger partial charge in [0.15, 0.2) is 0 Å². The second-order valence-corrected chi connectivity index (χ2v) is 6.61. The van der Waals surface area contributed by atoms with Crippen molar-refractivity contribution in [2.75, 3.05) is 6.26 Å². The van der Waals surface area contributed by atoms with Gasteiger partial charge in [0.2, 0.25) is 0 Å². The fourth-order valence-electron chi connectivity index (χ4n) is 2.33.